The lowest BCUT2D eigenvalue weighted by Gasteiger charge is -2.10. The number of nitrogens with one attached hydrogen (secondary N) is 1. The molecule has 0 aromatic carbocycles. The van der Waals surface area contributed by atoms with Gasteiger partial charge in [0.2, 0.25) is 5.13 Å². The van der Waals surface area contributed by atoms with Crippen molar-refractivity contribution in [3.05, 3.63) is 5.01 Å². The van der Waals surface area contributed by atoms with Gasteiger partial charge in [-0.15, -0.1) is 10.2 Å². The molecule has 0 saturated heterocycles. The number of hydrogen-bond donors (Lipinski definition) is 2. The summed E-state index contributed by atoms with van der Waals surface area (Å²) >= 11 is 1.58. The monoisotopic (exact) mass is 200 g/mol. The Balaban J connectivity index is 2.31. The normalized spacial score (nSPS) is 12.8. The summed E-state index contributed by atoms with van der Waals surface area (Å²) in [5.74, 6) is 0. The molecule has 5 heteroatoms. The lowest BCUT2D eigenvalue weighted by molar-refractivity contribution is 0.661. The van der Waals surface area contributed by atoms with Gasteiger partial charge in [0, 0.05) is 6.04 Å². The minimum absolute atomic E-state index is 0.427. The van der Waals surface area contributed by atoms with Gasteiger partial charge >= 0.3 is 0 Å². The molecule has 74 valence electrons. The fraction of sp³-hybridized carbons (Fsp3) is 0.750. The molecule has 1 heterocycles. The summed E-state index contributed by atoms with van der Waals surface area (Å²) in [6, 6.07) is 0.427. The zero-order valence-corrected chi connectivity index (χ0v) is 8.90. The van der Waals surface area contributed by atoms with Crippen LogP contribution in [0.25, 0.3) is 0 Å². The van der Waals surface area contributed by atoms with Crippen LogP contribution in [0.4, 0.5) is 5.13 Å². The Morgan fingerprint density at radius 1 is 1.54 bits per heavy atom. The maximum Gasteiger partial charge on any atom is 0.205 e. The first kappa shape index (κ1) is 10.4. The number of anilines is 1. The highest BCUT2D eigenvalue weighted by Gasteiger charge is 2.04. The number of aryl methyl sites for hydroxylation is 1. The molecule has 0 saturated carbocycles. The summed E-state index contributed by atoms with van der Waals surface area (Å²) in [5.41, 5.74) is 5.42. The van der Waals surface area contributed by atoms with Gasteiger partial charge in [-0.05, 0) is 33.2 Å². The minimum Gasteiger partial charge on any atom is -0.358 e. The molecule has 13 heavy (non-hydrogen) atoms. The van der Waals surface area contributed by atoms with E-state index in [9.17, 15) is 0 Å². The molecule has 0 aliphatic rings. The largest absolute Gasteiger partial charge is 0.358 e. The Kier molecular flexibility index (Phi) is 4.11. The van der Waals surface area contributed by atoms with Crippen molar-refractivity contribution < 1.29 is 0 Å². The molecule has 0 bridgehead atoms. The second kappa shape index (κ2) is 5.14. The van der Waals surface area contributed by atoms with Gasteiger partial charge in [0.1, 0.15) is 5.01 Å². The van der Waals surface area contributed by atoms with Gasteiger partial charge in [0.25, 0.3) is 0 Å². The Morgan fingerprint density at radius 2 is 2.31 bits per heavy atom. The molecular weight excluding hydrogens is 184 g/mol. The van der Waals surface area contributed by atoms with Crippen molar-refractivity contribution in [2.75, 3.05) is 11.9 Å². The fourth-order valence-corrected chi connectivity index (χ4v) is 1.77. The van der Waals surface area contributed by atoms with Crippen molar-refractivity contribution in [1.29, 1.82) is 0 Å². The van der Waals surface area contributed by atoms with Gasteiger partial charge in [0.15, 0.2) is 0 Å². The van der Waals surface area contributed by atoms with E-state index in [0.29, 0.717) is 6.04 Å². The van der Waals surface area contributed by atoms with Gasteiger partial charge in [0.05, 0.1) is 0 Å². The van der Waals surface area contributed by atoms with Gasteiger partial charge in [-0.1, -0.05) is 11.3 Å². The SMILES string of the molecule is Cc1nnc(NC(C)CCCN)s1. The molecule has 1 atom stereocenters. The maximum atomic E-state index is 5.42. The van der Waals surface area contributed by atoms with E-state index in [0.717, 1.165) is 29.5 Å². The molecule has 4 nitrogen and oxygen atoms in total. The topological polar surface area (TPSA) is 63.8 Å². The quantitative estimate of drug-likeness (QED) is 0.754. The highest BCUT2D eigenvalue weighted by atomic mass is 32.1. The first-order valence-corrected chi connectivity index (χ1v) is 5.30. The molecule has 0 aliphatic carbocycles. The van der Waals surface area contributed by atoms with Crippen LogP contribution in [-0.2, 0) is 0 Å². The maximum absolute atomic E-state index is 5.42. The first-order chi connectivity index (χ1) is 6.22. The first-order valence-electron chi connectivity index (χ1n) is 4.49. The standard InChI is InChI=1S/C8H16N4S/c1-6(4-3-5-9)10-8-12-11-7(2)13-8/h6H,3-5,9H2,1-2H3,(H,10,12). The van der Waals surface area contributed by atoms with Crippen molar-refractivity contribution in [3.63, 3.8) is 0 Å². The highest BCUT2D eigenvalue weighted by Crippen LogP contribution is 2.15. The van der Waals surface area contributed by atoms with Crippen molar-refractivity contribution in [3.8, 4) is 0 Å². The van der Waals surface area contributed by atoms with Gasteiger partial charge in [-0.3, -0.25) is 0 Å². The van der Waals surface area contributed by atoms with Crippen molar-refractivity contribution in [1.82, 2.24) is 10.2 Å². The molecule has 1 aromatic rings. The zero-order valence-electron chi connectivity index (χ0n) is 8.08. The van der Waals surface area contributed by atoms with Crippen LogP contribution >= 0.6 is 11.3 Å². The Labute approximate surface area is 82.6 Å². The number of aromatic nitrogens is 2. The summed E-state index contributed by atoms with van der Waals surface area (Å²) in [6.45, 7) is 4.83. The Morgan fingerprint density at radius 3 is 2.85 bits per heavy atom. The van der Waals surface area contributed by atoms with E-state index in [2.05, 4.69) is 22.4 Å². The number of nitrogens with two attached hydrogens (primary N) is 1. The predicted molar refractivity (Wildman–Crippen MR) is 56.0 cm³/mol. The third-order valence-electron chi connectivity index (χ3n) is 1.74. The number of hydrogen-bond acceptors (Lipinski definition) is 5. The van der Waals surface area contributed by atoms with E-state index >= 15 is 0 Å². The zero-order chi connectivity index (χ0) is 9.68. The minimum atomic E-state index is 0.427. The summed E-state index contributed by atoms with van der Waals surface area (Å²) in [4.78, 5) is 0. The molecule has 0 radical (unpaired) electrons. The van der Waals surface area contributed by atoms with Gasteiger partial charge < -0.3 is 11.1 Å². The van der Waals surface area contributed by atoms with Crippen LogP contribution in [0.5, 0.6) is 0 Å². The van der Waals surface area contributed by atoms with Crippen LogP contribution in [0.2, 0.25) is 0 Å². The van der Waals surface area contributed by atoms with Crippen LogP contribution in [-0.4, -0.2) is 22.8 Å². The molecule has 1 aromatic heterocycles. The number of rotatable bonds is 5. The van der Waals surface area contributed by atoms with E-state index in [-0.39, 0.29) is 0 Å². The summed E-state index contributed by atoms with van der Waals surface area (Å²) in [6.07, 6.45) is 2.13. The molecule has 1 rings (SSSR count). The van der Waals surface area contributed by atoms with Crippen LogP contribution in [0.15, 0.2) is 0 Å². The van der Waals surface area contributed by atoms with E-state index in [1.165, 1.54) is 0 Å². The Hall–Kier alpha value is -0.680. The lowest BCUT2D eigenvalue weighted by Crippen LogP contribution is -2.16. The van der Waals surface area contributed by atoms with Crippen LogP contribution in [0, 0.1) is 6.92 Å². The fourth-order valence-electron chi connectivity index (χ4n) is 1.06. The van der Waals surface area contributed by atoms with Crippen molar-refractivity contribution in [2.24, 2.45) is 5.73 Å². The smallest absolute Gasteiger partial charge is 0.205 e. The summed E-state index contributed by atoms with van der Waals surface area (Å²) in [7, 11) is 0. The van der Waals surface area contributed by atoms with Crippen molar-refractivity contribution >= 4 is 16.5 Å². The average Bonchev–Trinajstić information content (AvgIpc) is 2.48. The molecule has 3 N–H and O–H groups in total. The van der Waals surface area contributed by atoms with Gasteiger partial charge in [-0.2, -0.15) is 0 Å². The molecule has 0 aliphatic heterocycles. The van der Waals surface area contributed by atoms with Crippen molar-refractivity contribution in [2.45, 2.75) is 32.7 Å². The third kappa shape index (κ3) is 3.69. The second-order valence-electron chi connectivity index (χ2n) is 3.10. The van der Waals surface area contributed by atoms with Crippen LogP contribution in [0.3, 0.4) is 0 Å². The third-order valence-corrected chi connectivity index (χ3v) is 2.51. The summed E-state index contributed by atoms with van der Waals surface area (Å²) < 4.78 is 0. The van der Waals surface area contributed by atoms with Crippen LogP contribution in [0.1, 0.15) is 24.8 Å². The highest BCUT2D eigenvalue weighted by molar-refractivity contribution is 7.15. The van der Waals surface area contributed by atoms with Gasteiger partial charge in [-0.25, -0.2) is 0 Å². The van der Waals surface area contributed by atoms with E-state index in [1.54, 1.807) is 11.3 Å². The predicted octanol–water partition coefficient (Wildman–Crippen LogP) is 1.39. The second-order valence-corrected chi connectivity index (χ2v) is 4.28. The lowest BCUT2D eigenvalue weighted by atomic mass is 10.2. The molecule has 0 fully saturated rings. The molecule has 0 spiro atoms. The summed E-state index contributed by atoms with van der Waals surface area (Å²) in [5, 5.41) is 13.1. The van der Waals surface area contributed by atoms with E-state index in [1.807, 2.05) is 6.92 Å². The van der Waals surface area contributed by atoms with E-state index in [4.69, 9.17) is 5.73 Å². The molecule has 1 unspecified atom stereocenters. The molecular formula is C8H16N4S. The van der Waals surface area contributed by atoms with E-state index < -0.39 is 0 Å². The average molecular weight is 200 g/mol. The number of nitrogens with zero attached hydrogens (tertiary/aromatic N) is 2. The van der Waals surface area contributed by atoms with Crippen LogP contribution < -0.4 is 11.1 Å². The molecule has 0 amide bonds. The Bertz CT molecular complexity index is 248.